The third-order valence-corrected chi connectivity index (χ3v) is 2.92. The SMILES string of the molecule is CCC(C)(CN)c1ccc(F)c(F)c1F. The van der Waals surface area contributed by atoms with E-state index in [1.54, 1.807) is 6.92 Å². The molecule has 0 spiro atoms. The van der Waals surface area contributed by atoms with Gasteiger partial charge in [-0.1, -0.05) is 19.9 Å². The first-order valence-corrected chi connectivity index (χ1v) is 4.80. The van der Waals surface area contributed by atoms with Crippen LogP contribution in [0, 0.1) is 17.5 Å². The molecule has 0 radical (unpaired) electrons. The number of hydrogen-bond acceptors (Lipinski definition) is 1. The van der Waals surface area contributed by atoms with Crippen LogP contribution in [0.15, 0.2) is 12.1 Å². The van der Waals surface area contributed by atoms with Gasteiger partial charge in [-0.15, -0.1) is 0 Å². The maximum Gasteiger partial charge on any atom is 0.194 e. The van der Waals surface area contributed by atoms with Crippen molar-refractivity contribution in [3.63, 3.8) is 0 Å². The molecule has 0 aliphatic rings. The lowest BCUT2D eigenvalue weighted by molar-refractivity contribution is 0.397. The summed E-state index contributed by atoms with van der Waals surface area (Å²) < 4.78 is 39.2. The lowest BCUT2D eigenvalue weighted by Gasteiger charge is -2.27. The summed E-state index contributed by atoms with van der Waals surface area (Å²) in [4.78, 5) is 0. The van der Waals surface area contributed by atoms with Gasteiger partial charge in [-0.25, -0.2) is 13.2 Å². The second-order valence-corrected chi connectivity index (χ2v) is 3.84. The lowest BCUT2D eigenvalue weighted by atomic mass is 9.80. The molecule has 1 unspecified atom stereocenters. The van der Waals surface area contributed by atoms with Gasteiger partial charge in [0.1, 0.15) is 0 Å². The Morgan fingerprint density at radius 2 is 1.80 bits per heavy atom. The van der Waals surface area contributed by atoms with Crippen LogP contribution in [0.5, 0.6) is 0 Å². The fourth-order valence-electron chi connectivity index (χ4n) is 1.44. The maximum absolute atomic E-state index is 13.5. The van der Waals surface area contributed by atoms with E-state index < -0.39 is 22.9 Å². The van der Waals surface area contributed by atoms with Gasteiger partial charge in [-0.05, 0) is 18.1 Å². The molecular weight excluding hydrogens is 203 g/mol. The molecule has 1 rings (SSSR count). The van der Waals surface area contributed by atoms with E-state index in [0.717, 1.165) is 6.07 Å². The second-order valence-electron chi connectivity index (χ2n) is 3.84. The van der Waals surface area contributed by atoms with Gasteiger partial charge in [0.15, 0.2) is 17.5 Å². The largest absolute Gasteiger partial charge is 0.330 e. The molecule has 0 saturated carbocycles. The first-order valence-electron chi connectivity index (χ1n) is 4.80. The van der Waals surface area contributed by atoms with Gasteiger partial charge in [0.05, 0.1) is 0 Å². The number of benzene rings is 1. The lowest BCUT2D eigenvalue weighted by Crippen LogP contribution is -2.32. The van der Waals surface area contributed by atoms with E-state index in [-0.39, 0.29) is 12.1 Å². The van der Waals surface area contributed by atoms with Crippen LogP contribution in [0.1, 0.15) is 25.8 Å². The average Bonchev–Trinajstić information content (AvgIpc) is 2.25. The number of nitrogens with two attached hydrogens (primary N) is 1. The van der Waals surface area contributed by atoms with Crippen LogP contribution in [-0.2, 0) is 5.41 Å². The minimum Gasteiger partial charge on any atom is -0.330 e. The highest BCUT2D eigenvalue weighted by atomic mass is 19.2. The topological polar surface area (TPSA) is 26.0 Å². The van der Waals surface area contributed by atoms with Crippen molar-refractivity contribution >= 4 is 0 Å². The Bertz CT molecular complexity index is 359. The quantitative estimate of drug-likeness (QED) is 0.774. The Hall–Kier alpha value is -1.03. The van der Waals surface area contributed by atoms with E-state index in [2.05, 4.69) is 0 Å². The maximum atomic E-state index is 13.5. The van der Waals surface area contributed by atoms with Gasteiger partial charge in [0.25, 0.3) is 0 Å². The first kappa shape index (κ1) is 12.0. The molecule has 15 heavy (non-hydrogen) atoms. The summed E-state index contributed by atoms with van der Waals surface area (Å²) >= 11 is 0. The van der Waals surface area contributed by atoms with Crippen molar-refractivity contribution in [1.29, 1.82) is 0 Å². The van der Waals surface area contributed by atoms with Gasteiger partial charge in [0.2, 0.25) is 0 Å². The molecule has 0 aliphatic heterocycles. The van der Waals surface area contributed by atoms with Crippen molar-refractivity contribution in [2.75, 3.05) is 6.54 Å². The molecule has 4 heteroatoms. The number of hydrogen-bond donors (Lipinski definition) is 1. The van der Waals surface area contributed by atoms with Gasteiger partial charge in [-0.2, -0.15) is 0 Å². The van der Waals surface area contributed by atoms with Crippen LogP contribution >= 0.6 is 0 Å². The molecule has 0 amide bonds. The standard InChI is InChI=1S/C11H14F3N/c1-3-11(2,6-15)7-4-5-8(12)10(14)9(7)13/h4-5H,3,6,15H2,1-2H3. The third-order valence-electron chi connectivity index (χ3n) is 2.92. The highest BCUT2D eigenvalue weighted by Gasteiger charge is 2.28. The molecule has 1 aromatic rings. The van der Waals surface area contributed by atoms with Crippen LogP contribution in [0.25, 0.3) is 0 Å². The van der Waals surface area contributed by atoms with E-state index in [1.807, 2.05) is 6.92 Å². The van der Waals surface area contributed by atoms with Crippen LogP contribution < -0.4 is 5.73 Å². The van der Waals surface area contributed by atoms with Gasteiger partial charge >= 0.3 is 0 Å². The Morgan fingerprint density at radius 1 is 1.20 bits per heavy atom. The van der Waals surface area contributed by atoms with Crippen LogP contribution in [0.4, 0.5) is 13.2 Å². The molecule has 0 heterocycles. The zero-order valence-electron chi connectivity index (χ0n) is 8.78. The Morgan fingerprint density at radius 3 is 2.27 bits per heavy atom. The highest BCUT2D eigenvalue weighted by Crippen LogP contribution is 2.30. The van der Waals surface area contributed by atoms with Crippen molar-refractivity contribution in [3.8, 4) is 0 Å². The fourth-order valence-corrected chi connectivity index (χ4v) is 1.44. The molecule has 0 saturated heterocycles. The number of halogens is 3. The van der Waals surface area contributed by atoms with Crippen molar-refractivity contribution in [2.45, 2.75) is 25.7 Å². The van der Waals surface area contributed by atoms with Crippen LogP contribution in [0.2, 0.25) is 0 Å². The summed E-state index contributed by atoms with van der Waals surface area (Å²) in [5.74, 6) is -3.74. The zero-order chi connectivity index (χ0) is 11.6. The monoisotopic (exact) mass is 217 g/mol. The van der Waals surface area contributed by atoms with Crippen LogP contribution in [-0.4, -0.2) is 6.54 Å². The molecule has 1 nitrogen and oxygen atoms in total. The van der Waals surface area contributed by atoms with Crippen molar-refractivity contribution in [2.24, 2.45) is 5.73 Å². The Kier molecular flexibility index (Phi) is 3.39. The summed E-state index contributed by atoms with van der Waals surface area (Å²) in [7, 11) is 0. The predicted octanol–water partition coefficient (Wildman–Crippen LogP) is 2.73. The molecule has 0 fully saturated rings. The molecule has 0 aromatic heterocycles. The molecule has 0 aliphatic carbocycles. The van der Waals surface area contributed by atoms with Crippen molar-refractivity contribution < 1.29 is 13.2 Å². The smallest absolute Gasteiger partial charge is 0.194 e. The van der Waals surface area contributed by atoms with Crippen molar-refractivity contribution in [1.82, 2.24) is 0 Å². The summed E-state index contributed by atoms with van der Waals surface area (Å²) in [6, 6.07) is 2.18. The Labute approximate surface area is 87.1 Å². The normalized spacial score (nSPS) is 15.1. The highest BCUT2D eigenvalue weighted by molar-refractivity contribution is 5.28. The number of rotatable bonds is 3. The van der Waals surface area contributed by atoms with E-state index in [9.17, 15) is 13.2 Å². The van der Waals surface area contributed by atoms with E-state index >= 15 is 0 Å². The molecule has 1 atom stereocenters. The summed E-state index contributed by atoms with van der Waals surface area (Å²) in [5, 5.41) is 0. The van der Waals surface area contributed by atoms with Gasteiger partial charge < -0.3 is 5.73 Å². The van der Waals surface area contributed by atoms with Gasteiger partial charge in [0, 0.05) is 12.0 Å². The summed E-state index contributed by atoms with van der Waals surface area (Å²) in [6.45, 7) is 3.74. The van der Waals surface area contributed by atoms with Gasteiger partial charge in [-0.3, -0.25) is 0 Å². The minimum absolute atomic E-state index is 0.131. The van der Waals surface area contributed by atoms with Crippen LogP contribution in [0.3, 0.4) is 0 Å². The molecule has 1 aromatic carbocycles. The Balaban J connectivity index is 3.32. The molecule has 84 valence electrons. The third kappa shape index (κ3) is 2.00. The fraction of sp³-hybridized carbons (Fsp3) is 0.455. The van der Waals surface area contributed by atoms with E-state index in [4.69, 9.17) is 5.73 Å². The molecule has 0 bridgehead atoms. The summed E-state index contributed by atoms with van der Waals surface area (Å²) in [5.41, 5.74) is 5.00. The predicted molar refractivity (Wildman–Crippen MR) is 53.0 cm³/mol. The van der Waals surface area contributed by atoms with E-state index in [1.165, 1.54) is 6.07 Å². The minimum atomic E-state index is -1.43. The summed E-state index contributed by atoms with van der Waals surface area (Å²) in [6.07, 6.45) is 0.561. The first-order chi connectivity index (χ1) is 6.96. The van der Waals surface area contributed by atoms with Crippen molar-refractivity contribution in [3.05, 3.63) is 35.1 Å². The molecule has 2 N–H and O–H groups in total. The average molecular weight is 217 g/mol. The second kappa shape index (κ2) is 4.23. The molecular formula is C11H14F3N. The van der Waals surface area contributed by atoms with E-state index in [0.29, 0.717) is 6.42 Å². The zero-order valence-corrected chi connectivity index (χ0v) is 8.78.